The summed E-state index contributed by atoms with van der Waals surface area (Å²) in [6.07, 6.45) is 6.85. The summed E-state index contributed by atoms with van der Waals surface area (Å²) in [5, 5.41) is -0.427. The van der Waals surface area contributed by atoms with Crippen LogP contribution >= 0.6 is 0 Å². The van der Waals surface area contributed by atoms with Gasteiger partial charge >= 0.3 is 0 Å². The average molecular weight is 406 g/mol. The number of sulfone groups is 2. The minimum Gasteiger partial charge on any atom is -0.399 e. The molecule has 0 saturated carbocycles. The number of nitrogens with zero attached hydrogens (tertiary/aromatic N) is 5. The van der Waals surface area contributed by atoms with Crippen molar-refractivity contribution in [3.05, 3.63) is 37.2 Å². The largest absolute Gasteiger partial charge is 0.399 e. The van der Waals surface area contributed by atoms with Crippen LogP contribution in [0.25, 0.3) is 22.5 Å². The molecule has 140 valence electrons. The molecule has 0 unspecified atom stereocenters. The van der Waals surface area contributed by atoms with Crippen molar-refractivity contribution in [2.24, 2.45) is 0 Å². The van der Waals surface area contributed by atoms with E-state index in [4.69, 9.17) is 5.73 Å². The maximum Gasteiger partial charge on any atom is 0.193 e. The summed E-state index contributed by atoms with van der Waals surface area (Å²) in [7, 11) is -7.31. The second-order valence-corrected chi connectivity index (χ2v) is 9.56. The van der Waals surface area contributed by atoms with E-state index in [-0.39, 0.29) is 38.3 Å². The Morgan fingerprint density at radius 2 is 1.19 bits per heavy atom. The highest BCUT2D eigenvalue weighted by molar-refractivity contribution is 7.91. The van der Waals surface area contributed by atoms with Gasteiger partial charge in [-0.1, -0.05) is 0 Å². The summed E-state index contributed by atoms with van der Waals surface area (Å²) in [6.45, 7) is 0. The fraction of sp³-hybridized carbons (Fsp3) is 0.133. The summed E-state index contributed by atoms with van der Waals surface area (Å²) in [4.78, 5) is 19.7. The molecule has 0 amide bonds. The predicted molar refractivity (Wildman–Crippen MR) is 96.9 cm³/mol. The van der Waals surface area contributed by atoms with E-state index in [1.807, 2.05) is 0 Å². The van der Waals surface area contributed by atoms with Gasteiger partial charge in [0.2, 0.25) is 0 Å². The molecule has 3 aromatic heterocycles. The van der Waals surface area contributed by atoms with Crippen LogP contribution in [-0.2, 0) is 19.7 Å². The molecule has 3 heterocycles. The SMILES string of the molecule is CS(=O)(=O)c1ncncc1-c1cc(N)cc(-c2cncnc2S(C)(=O)=O)n1. The Morgan fingerprint density at radius 3 is 1.56 bits per heavy atom. The fourth-order valence-corrected chi connectivity index (χ4v) is 4.00. The average Bonchev–Trinajstić information content (AvgIpc) is 2.60. The van der Waals surface area contributed by atoms with Crippen molar-refractivity contribution < 1.29 is 16.8 Å². The molecule has 0 aliphatic heterocycles. The van der Waals surface area contributed by atoms with Gasteiger partial charge in [0.1, 0.15) is 12.7 Å². The number of rotatable bonds is 4. The van der Waals surface area contributed by atoms with Gasteiger partial charge in [0.25, 0.3) is 0 Å². The van der Waals surface area contributed by atoms with Crippen molar-refractivity contribution in [1.29, 1.82) is 0 Å². The van der Waals surface area contributed by atoms with Gasteiger partial charge in [-0.15, -0.1) is 0 Å². The number of hydrogen-bond donors (Lipinski definition) is 1. The molecule has 0 radical (unpaired) electrons. The highest BCUT2D eigenvalue weighted by Gasteiger charge is 2.21. The van der Waals surface area contributed by atoms with E-state index < -0.39 is 19.7 Å². The molecule has 27 heavy (non-hydrogen) atoms. The lowest BCUT2D eigenvalue weighted by atomic mass is 10.1. The van der Waals surface area contributed by atoms with Crippen LogP contribution in [-0.4, -0.2) is 54.3 Å². The van der Waals surface area contributed by atoms with E-state index in [1.54, 1.807) is 0 Å². The third-order valence-electron chi connectivity index (χ3n) is 3.45. The number of anilines is 1. The number of nitrogens with two attached hydrogens (primary N) is 1. The summed E-state index contributed by atoms with van der Waals surface area (Å²) in [5.74, 6) is 0. The van der Waals surface area contributed by atoms with Gasteiger partial charge in [0.05, 0.1) is 22.5 Å². The quantitative estimate of drug-likeness (QED) is 0.600. The Morgan fingerprint density at radius 1 is 0.778 bits per heavy atom. The van der Waals surface area contributed by atoms with Crippen LogP contribution in [0.1, 0.15) is 0 Å². The first-order valence-corrected chi connectivity index (χ1v) is 11.1. The van der Waals surface area contributed by atoms with Crippen molar-refractivity contribution in [3.8, 4) is 22.5 Å². The van der Waals surface area contributed by atoms with E-state index in [1.165, 1.54) is 24.5 Å². The highest BCUT2D eigenvalue weighted by atomic mass is 32.2. The molecule has 0 aromatic carbocycles. The molecule has 0 saturated heterocycles. The van der Waals surface area contributed by atoms with E-state index in [0.717, 1.165) is 25.2 Å². The van der Waals surface area contributed by atoms with Crippen molar-refractivity contribution in [1.82, 2.24) is 24.9 Å². The maximum absolute atomic E-state index is 12.0. The molecule has 0 atom stereocenters. The smallest absolute Gasteiger partial charge is 0.193 e. The molecule has 0 bridgehead atoms. The normalized spacial score (nSPS) is 12.1. The van der Waals surface area contributed by atoms with Gasteiger partial charge in [-0.25, -0.2) is 41.8 Å². The molecular formula is C15H14N6O4S2. The lowest BCUT2D eigenvalue weighted by Gasteiger charge is -2.10. The third-order valence-corrected chi connectivity index (χ3v) is 5.51. The second-order valence-electron chi connectivity index (χ2n) is 5.70. The first-order valence-electron chi connectivity index (χ1n) is 7.36. The van der Waals surface area contributed by atoms with Gasteiger partial charge in [-0.2, -0.15) is 0 Å². The topological polar surface area (TPSA) is 159 Å². The zero-order valence-corrected chi connectivity index (χ0v) is 15.9. The Hall–Kier alpha value is -2.99. The minimum absolute atomic E-state index is 0.145. The molecule has 2 N–H and O–H groups in total. The maximum atomic E-state index is 12.0. The first kappa shape index (κ1) is 18.8. The molecule has 3 rings (SSSR count). The van der Waals surface area contributed by atoms with E-state index in [2.05, 4.69) is 24.9 Å². The molecule has 12 heteroatoms. The highest BCUT2D eigenvalue weighted by Crippen LogP contribution is 2.30. The Kier molecular flexibility index (Phi) is 4.61. The zero-order chi connectivity index (χ0) is 19.8. The third kappa shape index (κ3) is 3.90. The number of aromatic nitrogens is 5. The summed E-state index contributed by atoms with van der Waals surface area (Å²) >= 11 is 0. The van der Waals surface area contributed by atoms with Gasteiger partial charge in [-0.3, -0.25) is 0 Å². The van der Waals surface area contributed by atoms with Gasteiger partial charge < -0.3 is 5.73 Å². The Bertz CT molecular complexity index is 1150. The molecule has 0 fully saturated rings. The van der Waals surface area contributed by atoms with Crippen molar-refractivity contribution in [3.63, 3.8) is 0 Å². The summed E-state index contributed by atoms with van der Waals surface area (Å²) < 4.78 is 48.0. The lowest BCUT2D eigenvalue weighted by molar-refractivity contribution is 0.596. The monoisotopic (exact) mass is 406 g/mol. The standard InChI is InChI=1S/C15H14N6O4S2/c1-26(22,23)14-10(5-17-7-19-14)12-3-9(16)4-13(21-12)11-6-18-8-20-15(11)27(2,24)25/h3-8H,1-2H3,(H2,16,21). The van der Waals surface area contributed by atoms with E-state index >= 15 is 0 Å². The molecule has 10 nitrogen and oxygen atoms in total. The Balaban J connectivity index is 2.29. The number of nitrogen functional groups attached to an aromatic ring is 1. The van der Waals surface area contributed by atoms with Gasteiger partial charge in [0.15, 0.2) is 29.7 Å². The fourth-order valence-electron chi connectivity index (χ4n) is 2.41. The van der Waals surface area contributed by atoms with Crippen LogP contribution in [0.4, 0.5) is 5.69 Å². The van der Waals surface area contributed by atoms with Crippen LogP contribution in [0.5, 0.6) is 0 Å². The number of hydrogen-bond acceptors (Lipinski definition) is 10. The molecule has 0 aliphatic rings. The van der Waals surface area contributed by atoms with E-state index in [0.29, 0.717) is 0 Å². The molecule has 3 aromatic rings. The molecule has 0 spiro atoms. The summed E-state index contributed by atoms with van der Waals surface area (Å²) in [6, 6.07) is 2.89. The summed E-state index contributed by atoms with van der Waals surface area (Å²) in [5.41, 5.74) is 6.81. The zero-order valence-electron chi connectivity index (χ0n) is 14.2. The van der Waals surface area contributed by atoms with Crippen LogP contribution in [0.2, 0.25) is 0 Å². The minimum atomic E-state index is -3.66. The van der Waals surface area contributed by atoms with Crippen LogP contribution in [0.3, 0.4) is 0 Å². The first-order chi connectivity index (χ1) is 12.6. The van der Waals surface area contributed by atoms with Crippen LogP contribution in [0, 0.1) is 0 Å². The van der Waals surface area contributed by atoms with Crippen LogP contribution < -0.4 is 5.73 Å². The van der Waals surface area contributed by atoms with Crippen molar-refractivity contribution in [2.45, 2.75) is 10.1 Å². The molecule has 0 aliphatic carbocycles. The number of pyridine rings is 1. The van der Waals surface area contributed by atoms with Crippen LogP contribution in [0.15, 0.2) is 47.2 Å². The Labute approximate surface area is 155 Å². The predicted octanol–water partition coefficient (Wildman–Crippen LogP) is 0.385. The molecular weight excluding hydrogens is 392 g/mol. The second kappa shape index (κ2) is 6.63. The van der Waals surface area contributed by atoms with Gasteiger partial charge in [0, 0.05) is 30.6 Å². The van der Waals surface area contributed by atoms with Gasteiger partial charge in [-0.05, 0) is 12.1 Å². The lowest BCUT2D eigenvalue weighted by Crippen LogP contribution is -2.07. The van der Waals surface area contributed by atoms with E-state index in [9.17, 15) is 16.8 Å². The van der Waals surface area contributed by atoms with Crippen molar-refractivity contribution >= 4 is 25.4 Å². The van der Waals surface area contributed by atoms with Crippen molar-refractivity contribution in [2.75, 3.05) is 18.2 Å².